The van der Waals surface area contributed by atoms with Gasteiger partial charge in [-0.1, -0.05) is 55.7 Å². The summed E-state index contributed by atoms with van der Waals surface area (Å²) >= 11 is 0. The summed E-state index contributed by atoms with van der Waals surface area (Å²) in [5, 5.41) is 26.3. The molecule has 4 aromatic heterocycles. The Kier molecular flexibility index (Phi) is 11.5. The monoisotopic (exact) mass is 726 g/mol. The molecule has 0 radical (unpaired) electrons. The summed E-state index contributed by atoms with van der Waals surface area (Å²) in [5.41, 5.74) is 3.71. The first-order chi connectivity index (χ1) is 26.6. The molecule has 0 spiro atoms. The third-order valence-corrected chi connectivity index (χ3v) is 8.41. The highest BCUT2D eigenvalue weighted by Crippen LogP contribution is 2.25. The molecule has 0 aliphatic rings. The van der Waals surface area contributed by atoms with Crippen molar-refractivity contribution in [2.45, 2.75) is 59.3 Å². The molecule has 4 heterocycles. The molecule has 0 N–H and O–H groups in total. The van der Waals surface area contributed by atoms with E-state index >= 15 is 0 Å². The molecule has 0 fully saturated rings. The second kappa shape index (κ2) is 17.3. The highest BCUT2D eigenvalue weighted by molar-refractivity contribution is 5.61. The lowest BCUT2D eigenvalue weighted by Gasteiger charge is -2.06. The molecule has 7 rings (SSSR count). The topological polar surface area (TPSA) is 158 Å². The van der Waals surface area contributed by atoms with Crippen LogP contribution in [0.3, 0.4) is 0 Å². The zero-order valence-electron chi connectivity index (χ0n) is 30.6. The van der Waals surface area contributed by atoms with Gasteiger partial charge in [0.15, 0.2) is 34.6 Å². The van der Waals surface area contributed by atoms with Crippen molar-refractivity contribution in [1.29, 1.82) is 0 Å². The maximum absolute atomic E-state index is 5.82. The van der Waals surface area contributed by atoms with E-state index in [1.807, 2.05) is 72.8 Å². The van der Waals surface area contributed by atoms with E-state index in [0.29, 0.717) is 36.9 Å². The molecular weight excluding hydrogens is 685 g/mol. The summed E-state index contributed by atoms with van der Waals surface area (Å²) in [6.07, 6.45) is 11.5. The number of benzene rings is 3. The first-order valence-electron chi connectivity index (χ1n) is 18.3. The molecule has 276 valence electrons. The van der Waals surface area contributed by atoms with Crippen LogP contribution in [0.1, 0.15) is 59.3 Å². The Balaban J connectivity index is 1.18. The lowest BCUT2D eigenvalue weighted by Crippen LogP contribution is -2.01. The van der Waals surface area contributed by atoms with Crippen LogP contribution in [0.15, 0.2) is 91.4 Å². The fourth-order valence-corrected chi connectivity index (χ4v) is 5.29. The minimum atomic E-state index is 0.284. The molecule has 0 saturated heterocycles. The molecule has 54 heavy (non-hydrogen) atoms. The van der Waals surface area contributed by atoms with Gasteiger partial charge in [-0.25, -0.2) is 29.0 Å². The van der Waals surface area contributed by atoms with E-state index in [1.165, 1.54) is 0 Å². The average Bonchev–Trinajstić information content (AvgIpc) is 4.02. The van der Waals surface area contributed by atoms with Crippen LogP contribution in [0, 0.1) is 0 Å². The van der Waals surface area contributed by atoms with Gasteiger partial charge in [0.2, 0.25) is 0 Å². The van der Waals surface area contributed by atoms with Crippen LogP contribution < -0.4 is 14.2 Å². The summed E-state index contributed by atoms with van der Waals surface area (Å²) in [5.74, 6) is 3.25. The van der Waals surface area contributed by atoms with E-state index in [2.05, 4.69) is 51.7 Å². The van der Waals surface area contributed by atoms with E-state index in [0.717, 1.165) is 72.8 Å². The van der Waals surface area contributed by atoms with Crippen molar-refractivity contribution in [3.8, 4) is 68.9 Å². The Morgan fingerprint density at radius 1 is 0.407 bits per heavy atom. The van der Waals surface area contributed by atoms with Crippen molar-refractivity contribution in [1.82, 2.24) is 59.9 Å². The maximum Gasteiger partial charge on any atom is 0.186 e. The lowest BCUT2D eigenvalue weighted by molar-refractivity contribution is 0.309. The number of nitrogens with zero attached hydrogens (tertiary/aromatic N) is 12. The third kappa shape index (κ3) is 8.74. The standard InChI is InChI=1S/C39H42N12O3/c1-4-7-22-52-31-16-10-28(11-17-31)49-25-34(43-46-49)37-40-38(35-26-50(47-44-35)29-12-18-32(19-13-29)53-23-8-5-2)42-39(41-37)36-27-51(48-45-36)30-14-20-33(21-15-30)54-24-9-6-3/h10-21,25-27H,4-9,22-24H2,1-3H3. The van der Waals surface area contributed by atoms with E-state index < -0.39 is 0 Å². The molecule has 15 nitrogen and oxygen atoms in total. The molecule has 15 heteroatoms. The van der Waals surface area contributed by atoms with Crippen molar-refractivity contribution in [2.24, 2.45) is 0 Å². The van der Waals surface area contributed by atoms with E-state index in [1.54, 1.807) is 32.6 Å². The summed E-state index contributed by atoms with van der Waals surface area (Å²) in [7, 11) is 0. The van der Waals surface area contributed by atoms with Crippen LogP contribution in [-0.4, -0.2) is 79.8 Å². The molecule has 0 amide bonds. The zero-order chi connectivity index (χ0) is 37.1. The van der Waals surface area contributed by atoms with Crippen LogP contribution in [0.25, 0.3) is 51.6 Å². The number of aromatic nitrogens is 12. The quantitative estimate of drug-likeness (QED) is 0.0824. The molecule has 0 unspecified atom stereocenters. The smallest absolute Gasteiger partial charge is 0.186 e. The van der Waals surface area contributed by atoms with Crippen LogP contribution in [-0.2, 0) is 0 Å². The molecule has 3 aromatic carbocycles. The van der Waals surface area contributed by atoms with Gasteiger partial charge in [-0.15, -0.1) is 15.3 Å². The highest BCUT2D eigenvalue weighted by Gasteiger charge is 2.19. The second-order valence-corrected chi connectivity index (χ2v) is 12.5. The summed E-state index contributed by atoms with van der Waals surface area (Å²) in [4.78, 5) is 14.3. The number of unbranched alkanes of at least 4 members (excludes halogenated alkanes) is 3. The predicted molar refractivity (Wildman–Crippen MR) is 202 cm³/mol. The van der Waals surface area contributed by atoms with E-state index in [9.17, 15) is 0 Å². The molecular formula is C39H42N12O3. The van der Waals surface area contributed by atoms with Crippen molar-refractivity contribution < 1.29 is 14.2 Å². The van der Waals surface area contributed by atoms with E-state index in [-0.39, 0.29) is 17.5 Å². The second-order valence-electron chi connectivity index (χ2n) is 12.5. The van der Waals surface area contributed by atoms with Gasteiger partial charge in [0.1, 0.15) is 17.2 Å². The van der Waals surface area contributed by atoms with E-state index in [4.69, 9.17) is 29.2 Å². The summed E-state index contributed by atoms with van der Waals surface area (Å²) in [6, 6.07) is 23.0. The minimum Gasteiger partial charge on any atom is -0.494 e. The average molecular weight is 727 g/mol. The highest BCUT2D eigenvalue weighted by atomic mass is 16.5. The van der Waals surface area contributed by atoms with Gasteiger partial charge in [0.25, 0.3) is 0 Å². The van der Waals surface area contributed by atoms with Gasteiger partial charge in [-0.2, -0.15) is 0 Å². The number of rotatable bonds is 18. The minimum absolute atomic E-state index is 0.284. The van der Waals surface area contributed by atoms with Crippen LogP contribution >= 0.6 is 0 Å². The fraction of sp³-hybridized carbons (Fsp3) is 0.308. The van der Waals surface area contributed by atoms with Gasteiger partial charge >= 0.3 is 0 Å². The molecule has 7 aromatic rings. The van der Waals surface area contributed by atoms with Gasteiger partial charge in [0, 0.05) is 0 Å². The molecule has 0 aliphatic carbocycles. The third-order valence-electron chi connectivity index (χ3n) is 8.41. The Morgan fingerprint density at radius 3 is 0.944 bits per heavy atom. The molecule has 0 atom stereocenters. The maximum atomic E-state index is 5.82. The summed E-state index contributed by atoms with van der Waals surface area (Å²) < 4.78 is 22.4. The normalized spacial score (nSPS) is 11.2. The zero-order valence-corrected chi connectivity index (χ0v) is 30.6. The largest absolute Gasteiger partial charge is 0.494 e. The number of hydrogen-bond donors (Lipinski definition) is 0. The van der Waals surface area contributed by atoms with Crippen LogP contribution in [0.2, 0.25) is 0 Å². The van der Waals surface area contributed by atoms with Crippen molar-refractivity contribution >= 4 is 0 Å². The SMILES string of the molecule is CCCCOc1ccc(-n2cc(-c3nc(-c4cn(-c5ccc(OCCCC)cc5)nn4)nc(-c4cn(-c5ccc(OCCCC)cc5)nn4)n3)nn2)cc1. The molecule has 0 bridgehead atoms. The van der Waals surface area contributed by atoms with Gasteiger partial charge < -0.3 is 14.2 Å². The van der Waals surface area contributed by atoms with Crippen molar-refractivity contribution in [3.63, 3.8) is 0 Å². The Morgan fingerprint density at radius 2 is 0.685 bits per heavy atom. The van der Waals surface area contributed by atoms with Gasteiger partial charge in [-0.05, 0) is 92.1 Å². The first-order valence-corrected chi connectivity index (χ1v) is 18.3. The number of hydrogen-bond acceptors (Lipinski definition) is 12. The van der Waals surface area contributed by atoms with Crippen molar-refractivity contribution in [2.75, 3.05) is 19.8 Å². The lowest BCUT2D eigenvalue weighted by atomic mass is 10.3. The van der Waals surface area contributed by atoms with Crippen LogP contribution in [0.4, 0.5) is 0 Å². The fourth-order valence-electron chi connectivity index (χ4n) is 5.29. The van der Waals surface area contributed by atoms with Gasteiger partial charge in [0.05, 0.1) is 55.5 Å². The first kappa shape index (κ1) is 35.9. The van der Waals surface area contributed by atoms with Crippen molar-refractivity contribution in [3.05, 3.63) is 91.4 Å². The molecule has 0 saturated carbocycles. The Hall–Kier alpha value is -6.51. The Labute approximate surface area is 313 Å². The summed E-state index contributed by atoms with van der Waals surface area (Å²) in [6.45, 7) is 8.43. The Bertz CT molecular complexity index is 1970. The molecule has 0 aliphatic heterocycles. The number of ether oxygens (including phenoxy) is 3. The van der Waals surface area contributed by atoms with Crippen LogP contribution in [0.5, 0.6) is 17.2 Å². The van der Waals surface area contributed by atoms with Gasteiger partial charge in [-0.3, -0.25) is 0 Å². The predicted octanol–water partition coefficient (Wildman–Crippen LogP) is 7.15.